The highest BCUT2D eigenvalue weighted by Gasteiger charge is 2.16. The fourth-order valence-corrected chi connectivity index (χ4v) is 3.75. The van der Waals surface area contributed by atoms with Gasteiger partial charge in [0.15, 0.2) is 4.34 Å². The molecule has 5 nitrogen and oxygen atoms in total. The standard InChI is InChI=1S/C16H19FN4OS2/c1-3-9-19-15-20-21-16(24-15)23-11(2)14(22)18-10-8-12-4-6-13(17)7-5-12/h3-7,11H,1,8-10H2,2H3,(H,18,22)(H,19,20)/t11-/m1/s1. The quantitative estimate of drug-likeness (QED) is 0.527. The maximum Gasteiger partial charge on any atom is 0.233 e. The van der Waals surface area contributed by atoms with E-state index in [1.54, 1.807) is 18.2 Å². The van der Waals surface area contributed by atoms with Crippen LogP contribution in [0, 0.1) is 5.82 Å². The van der Waals surface area contributed by atoms with Crippen LogP contribution in [0.2, 0.25) is 0 Å². The third kappa shape index (κ3) is 5.93. The zero-order valence-corrected chi connectivity index (χ0v) is 14.9. The molecule has 0 spiro atoms. The highest BCUT2D eigenvalue weighted by molar-refractivity contribution is 8.02. The Morgan fingerprint density at radius 1 is 1.42 bits per heavy atom. The maximum absolute atomic E-state index is 12.8. The number of amides is 1. The number of rotatable bonds is 9. The summed E-state index contributed by atoms with van der Waals surface area (Å²) in [5, 5.41) is 14.4. The third-order valence-corrected chi connectivity index (χ3v) is 5.14. The summed E-state index contributed by atoms with van der Waals surface area (Å²) >= 11 is 2.78. The molecule has 0 fully saturated rings. The van der Waals surface area contributed by atoms with Crippen molar-refractivity contribution >= 4 is 34.1 Å². The molecule has 1 aromatic carbocycles. The van der Waals surface area contributed by atoms with Gasteiger partial charge in [0.1, 0.15) is 5.82 Å². The van der Waals surface area contributed by atoms with E-state index in [1.807, 2.05) is 6.92 Å². The molecule has 0 unspecified atom stereocenters. The van der Waals surface area contributed by atoms with Crippen molar-refractivity contribution in [1.82, 2.24) is 15.5 Å². The van der Waals surface area contributed by atoms with E-state index in [-0.39, 0.29) is 17.0 Å². The fraction of sp³-hybridized carbons (Fsp3) is 0.312. The summed E-state index contributed by atoms with van der Waals surface area (Å²) in [6.07, 6.45) is 2.41. The summed E-state index contributed by atoms with van der Waals surface area (Å²) in [6, 6.07) is 6.28. The van der Waals surface area contributed by atoms with Gasteiger partial charge in [0.2, 0.25) is 11.0 Å². The zero-order chi connectivity index (χ0) is 17.4. The van der Waals surface area contributed by atoms with E-state index in [2.05, 4.69) is 27.4 Å². The van der Waals surface area contributed by atoms with Crippen LogP contribution in [-0.4, -0.2) is 34.4 Å². The Kier molecular flexibility index (Phi) is 7.20. The lowest BCUT2D eigenvalue weighted by Gasteiger charge is -2.10. The van der Waals surface area contributed by atoms with Crippen LogP contribution in [0.3, 0.4) is 0 Å². The summed E-state index contributed by atoms with van der Waals surface area (Å²) in [7, 11) is 0. The molecule has 0 saturated heterocycles. The van der Waals surface area contributed by atoms with E-state index in [0.29, 0.717) is 24.6 Å². The van der Waals surface area contributed by atoms with E-state index >= 15 is 0 Å². The van der Waals surface area contributed by atoms with Crippen LogP contribution in [0.4, 0.5) is 9.52 Å². The normalized spacial score (nSPS) is 11.8. The molecule has 1 aromatic heterocycles. The van der Waals surface area contributed by atoms with E-state index in [9.17, 15) is 9.18 Å². The van der Waals surface area contributed by atoms with Gasteiger partial charge in [0.05, 0.1) is 5.25 Å². The van der Waals surface area contributed by atoms with E-state index < -0.39 is 0 Å². The predicted molar refractivity (Wildman–Crippen MR) is 97.0 cm³/mol. The summed E-state index contributed by atoms with van der Waals surface area (Å²) in [4.78, 5) is 12.1. The molecule has 0 saturated carbocycles. The number of carbonyl (C=O) groups excluding carboxylic acids is 1. The lowest BCUT2D eigenvalue weighted by atomic mass is 10.1. The molecule has 0 aliphatic carbocycles. The average Bonchev–Trinajstić information content (AvgIpc) is 3.02. The Balaban J connectivity index is 1.74. The minimum atomic E-state index is -0.265. The molecule has 2 N–H and O–H groups in total. The van der Waals surface area contributed by atoms with E-state index in [1.165, 1.54) is 35.2 Å². The van der Waals surface area contributed by atoms with Crippen LogP contribution in [-0.2, 0) is 11.2 Å². The number of anilines is 1. The van der Waals surface area contributed by atoms with Crippen LogP contribution in [0.25, 0.3) is 0 Å². The van der Waals surface area contributed by atoms with Gasteiger partial charge in [-0.25, -0.2) is 4.39 Å². The maximum atomic E-state index is 12.8. The van der Waals surface area contributed by atoms with Gasteiger partial charge in [0, 0.05) is 13.1 Å². The Hall–Kier alpha value is -1.93. The molecule has 0 aliphatic rings. The molecule has 1 atom stereocenters. The largest absolute Gasteiger partial charge is 0.357 e. The van der Waals surface area contributed by atoms with Gasteiger partial charge >= 0.3 is 0 Å². The summed E-state index contributed by atoms with van der Waals surface area (Å²) in [5.41, 5.74) is 0.985. The van der Waals surface area contributed by atoms with Gasteiger partial charge in [-0.1, -0.05) is 41.3 Å². The molecule has 0 bridgehead atoms. The monoisotopic (exact) mass is 366 g/mol. The first-order valence-electron chi connectivity index (χ1n) is 7.45. The third-order valence-electron chi connectivity index (χ3n) is 3.08. The first-order chi connectivity index (χ1) is 11.6. The second-order valence-corrected chi connectivity index (χ2v) is 7.54. The van der Waals surface area contributed by atoms with Crippen LogP contribution in [0.1, 0.15) is 12.5 Å². The molecule has 0 aliphatic heterocycles. The van der Waals surface area contributed by atoms with Crippen molar-refractivity contribution in [3.05, 3.63) is 48.3 Å². The van der Waals surface area contributed by atoms with Crippen molar-refractivity contribution in [1.29, 1.82) is 0 Å². The predicted octanol–water partition coefficient (Wildman–Crippen LogP) is 3.11. The molecule has 24 heavy (non-hydrogen) atoms. The first kappa shape index (κ1) is 18.4. The number of nitrogens with zero attached hydrogens (tertiary/aromatic N) is 2. The number of nitrogens with one attached hydrogen (secondary N) is 2. The van der Waals surface area contributed by atoms with Gasteiger partial charge in [0.25, 0.3) is 0 Å². The number of halogens is 1. The molecule has 1 amide bonds. The Morgan fingerprint density at radius 3 is 2.88 bits per heavy atom. The lowest BCUT2D eigenvalue weighted by molar-refractivity contribution is -0.120. The number of thioether (sulfide) groups is 1. The molecular formula is C16H19FN4OS2. The number of benzene rings is 1. The van der Waals surface area contributed by atoms with E-state index in [4.69, 9.17) is 0 Å². The molecule has 2 aromatic rings. The van der Waals surface area contributed by atoms with Gasteiger partial charge in [-0.15, -0.1) is 16.8 Å². The average molecular weight is 366 g/mol. The second kappa shape index (κ2) is 9.39. The summed E-state index contributed by atoms with van der Waals surface area (Å²) < 4.78 is 13.6. The van der Waals surface area contributed by atoms with Crippen molar-refractivity contribution in [2.24, 2.45) is 0 Å². The molecule has 0 radical (unpaired) electrons. The van der Waals surface area contributed by atoms with Crippen LogP contribution in [0.15, 0.2) is 41.3 Å². The van der Waals surface area contributed by atoms with Crippen LogP contribution in [0.5, 0.6) is 0 Å². The van der Waals surface area contributed by atoms with Gasteiger partial charge < -0.3 is 10.6 Å². The molecule has 8 heteroatoms. The SMILES string of the molecule is C=CCNc1nnc(S[C@H](C)C(=O)NCCc2ccc(F)cc2)s1. The summed E-state index contributed by atoms with van der Waals surface area (Å²) in [6.45, 7) is 6.59. The number of aromatic nitrogens is 2. The summed E-state index contributed by atoms with van der Waals surface area (Å²) in [5.74, 6) is -0.315. The molecule has 2 rings (SSSR count). The minimum Gasteiger partial charge on any atom is -0.357 e. The Morgan fingerprint density at radius 2 is 2.17 bits per heavy atom. The topological polar surface area (TPSA) is 66.9 Å². The van der Waals surface area contributed by atoms with Crippen molar-refractivity contribution in [2.75, 3.05) is 18.4 Å². The Bertz CT molecular complexity index is 675. The molecule has 1 heterocycles. The zero-order valence-electron chi connectivity index (χ0n) is 13.3. The van der Waals surface area contributed by atoms with Gasteiger partial charge in [-0.3, -0.25) is 4.79 Å². The van der Waals surface area contributed by atoms with Crippen LogP contribution >= 0.6 is 23.1 Å². The van der Waals surface area contributed by atoms with Crippen molar-refractivity contribution in [3.8, 4) is 0 Å². The van der Waals surface area contributed by atoms with Crippen molar-refractivity contribution in [2.45, 2.75) is 22.9 Å². The molecule has 128 valence electrons. The number of hydrogen-bond donors (Lipinski definition) is 2. The smallest absolute Gasteiger partial charge is 0.233 e. The van der Waals surface area contributed by atoms with Crippen molar-refractivity contribution < 1.29 is 9.18 Å². The van der Waals surface area contributed by atoms with Crippen molar-refractivity contribution in [3.63, 3.8) is 0 Å². The second-order valence-electron chi connectivity index (χ2n) is 4.97. The van der Waals surface area contributed by atoms with Gasteiger partial charge in [-0.2, -0.15) is 0 Å². The fourth-order valence-electron chi connectivity index (χ4n) is 1.82. The highest BCUT2D eigenvalue weighted by atomic mass is 32.2. The highest BCUT2D eigenvalue weighted by Crippen LogP contribution is 2.28. The van der Waals surface area contributed by atoms with Crippen LogP contribution < -0.4 is 10.6 Å². The number of carbonyl (C=O) groups is 1. The minimum absolute atomic E-state index is 0.0575. The Labute approximate surface area is 148 Å². The first-order valence-corrected chi connectivity index (χ1v) is 9.15. The van der Waals surface area contributed by atoms with Gasteiger partial charge in [-0.05, 0) is 31.0 Å². The molecular weight excluding hydrogens is 347 g/mol. The number of hydrogen-bond acceptors (Lipinski definition) is 6. The lowest BCUT2D eigenvalue weighted by Crippen LogP contribution is -2.32. The van der Waals surface area contributed by atoms with E-state index in [0.717, 1.165) is 9.90 Å².